The molecule has 0 amide bonds. The number of nitrogens with zero attached hydrogens (tertiary/aromatic N) is 2. The minimum atomic E-state index is 0. The molecule has 0 radical (unpaired) electrons. The van der Waals surface area contributed by atoms with Gasteiger partial charge in [-0.15, -0.1) is 12.4 Å². The van der Waals surface area contributed by atoms with Crippen LogP contribution >= 0.6 is 24.0 Å². The van der Waals surface area contributed by atoms with Crippen molar-refractivity contribution in [1.29, 1.82) is 0 Å². The summed E-state index contributed by atoms with van der Waals surface area (Å²) in [5, 5.41) is 4.25. The zero-order valence-corrected chi connectivity index (χ0v) is 12.5. The van der Waals surface area contributed by atoms with E-state index in [0.29, 0.717) is 0 Å². The number of hydrogen-bond donors (Lipinski definition) is 1. The summed E-state index contributed by atoms with van der Waals surface area (Å²) in [5.74, 6) is 0. The SMILES string of the molecule is Cl.Clc1ccccc1C1CNCCN1Cc1cocn1. The van der Waals surface area contributed by atoms with Gasteiger partial charge in [-0.05, 0) is 11.6 Å². The fourth-order valence-electron chi connectivity index (χ4n) is 2.51. The average molecular weight is 314 g/mol. The molecule has 2 heterocycles. The lowest BCUT2D eigenvalue weighted by Crippen LogP contribution is -2.45. The van der Waals surface area contributed by atoms with Crippen molar-refractivity contribution in [2.75, 3.05) is 19.6 Å². The third kappa shape index (κ3) is 3.33. The van der Waals surface area contributed by atoms with Crippen molar-refractivity contribution < 1.29 is 4.42 Å². The predicted octanol–water partition coefficient (Wildman–Crippen LogP) is 2.90. The van der Waals surface area contributed by atoms with Crippen LogP contribution in [0.15, 0.2) is 41.3 Å². The number of benzene rings is 1. The molecule has 0 bridgehead atoms. The molecule has 1 aromatic carbocycles. The van der Waals surface area contributed by atoms with Crippen molar-refractivity contribution >= 4 is 24.0 Å². The molecule has 3 rings (SSSR count). The largest absolute Gasteiger partial charge is 0.451 e. The van der Waals surface area contributed by atoms with Crippen LogP contribution in [0.5, 0.6) is 0 Å². The van der Waals surface area contributed by atoms with Crippen molar-refractivity contribution in [3.8, 4) is 0 Å². The van der Waals surface area contributed by atoms with Gasteiger partial charge in [0, 0.05) is 37.2 Å². The standard InChI is InChI=1S/C14H16ClN3O.ClH/c15-13-4-2-1-3-12(13)14-7-16-5-6-18(14)8-11-9-19-10-17-11;/h1-4,9-10,14,16H,5-8H2;1H. The zero-order chi connectivity index (χ0) is 13.1. The first-order valence-corrected chi connectivity index (χ1v) is 6.78. The number of halogens is 2. The molecule has 1 aromatic heterocycles. The first kappa shape index (κ1) is 15.3. The van der Waals surface area contributed by atoms with E-state index in [1.54, 1.807) is 6.26 Å². The minimum Gasteiger partial charge on any atom is -0.451 e. The van der Waals surface area contributed by atoms with Gasteiger partial charge >= 0.3 is 0 Å². The van der Waals surface area contributed by atoms with Crippen molar-refractivity contribution in [2.24, 2.45) is 0 Å². The summed E-state index contributed by atoms with van der Waals surface area (Å²) in [5.41, 5.74) is 2.12. The first-order chi connectivity index (χ1) is 9.34. The third-order valence-corrected chi connectivity index (χ3v) is 3.81. The smallest absolute Gasteiger partial charge is 0.180 e. The molecule has 2 aromatic rings. The summed E-state index contributed by atoms with van der Waals surface area (Å²) >= 11 is 6.32. The molecule has 0 aliphatic carbocycles. The van der Waals surface area contributed by atoms with Crippen LogP contribution in [0.4, 0.5) is 0 Å². The highest BCUT2D eigenvalue weighted by molar-refractivity contribution is 6.31. The molecular formula is C14H17Cl2N3O. The van der Waals surface area contributed by atoms with E-state index in [0.717, 1.165) is 36.9 Å². The second-order valence-electron chi connectivity index (χ2n) is 4.69. The Bertz CT molecular complexity index is 533. The van der Waals surface area contributed by atoms with Gasteiger partial charge in [0.1, 0.15) is 6.26 Å². The summed E-state index contributed by atoms with van der Waals surface area (Å²) in [4.78, 5) is 6.58. The van der Waals surface area contributed by atoms with E-state index in [4.69, 9.17) is 16.0 Å². The quantitative estimate of drug-likeness (QED) is 0.946. The molecule has 0 saturated carbocycles. The number of piperazine rings is 1. The number of rotatable bonds is 3. The van der Waals surface area contributed by atoms with Gasteiger partial charge in [-0.1, -0.05) is 29.8 Å². The van der Waals surface area contributed by atoms with Crippen LogP contribution in [0.2, 0.25) is 5.02 Å². The van der Waals surface area contributed by atoms with Crippen LogP contribution in [0.1, 0.15) is 17.3 Å². The summed E-state index contributed by atoms with van der Waals surface area (Å²) < 4.78 is 5.04. The maximum atomic E-state index is 6.32. The van der Waals surface area contributed by atoms with Crippen LogP contribution in [0, 0.1) is 0 Å². The molecular weight excluding hydrogens is 297 g/mol. The molecule has 20 heavy (non-hydrogen) atoms. The predicted molar refractivity (Wildman–Crippen MR) is 81.2 cm³/mol. The number of aromatic nitrogens is 1. The Morgan fingerprint density at radius 3 is 3.00 bits per heavy atom. The molecule has 1 fully saturated rings. The van der Waals surface area contributed by atoms with Gasteiger partial charge in [0.15, 0.2) is 6.39 Å². The Morgan fingerprint density at radius 2 is 2.25 bits per heavy atom. The maximum absolute atomic E-state index is 6.32. The maximum Gasteiger partial charge on any atom is 0.180 e. The second-order valence-corrected chi connectivity index (χ2v) is 5.10. The monoisotopic (exact) mass is 313 g/mol. The molecule has 1 aliphatic rings. The van der Waals surface area contributed by atoms with E-state index >= 15 is 0 Å². The normalized spacial score (nSPS) is 19.6. The summed E-state index contributed by atoms with van der Waals surface area (Å²) in [7, 11) is 0. The number of oxazole rings is 1. The Balaban J connectivity index is 0.00000147. The summed E-state index contributed by atoms with van der Waals surface area (Å²) in [6, 6.07) is 8.31. The third-order valence-electron chi connectivity index (χ3n) is 3.47. The minimum absolute atomic E-state index is 0. The van der Waals surface area contributed by atoms with E-state index in [9.17, 15) is 0 Å². The lowest BCUT2D eigenvalue weighted by molar-refractivity contribution is 0.152. The zero-order valence-electron chi connectivity index (χ0n) is 11.0. The molecule has 0 spiro atoms. The number of hydrogen-bond acceptors (Lipinski definition) is 4. The van der Waals surface area contributed by atoms with E-state index < -0.39 is 0 Å². The van der Waals surface area contributed by atoms with Gasteiger partial charge < -0.3 is 9.73 Å². The topological polar surface area (TPSA) is 41.3 Å². The summed E-state index contributed by atoms with van der Waals surface area (Å²) in [6.45, 7) is 3.65. The fraction of sp³-hybridized carbons (Fsp3) is 0.357. The van der Waals surface area contributed by atoms with Gasteiger partial charge in [-0.25, -0.2) is 4.98 Å². The molecule has 1 N–H and O–H groups in total. The van der Waals surface area contributed by atoms with E-state index in [2.05, 4.69) is 21.3 Å². The second kappa shape index (κ2) is 7.09. The van der Waals surface area contributed by atoms with Gasteiger partial charge in [0.05, 0.1) is 5.69 Å². The highest BCUT2D eigenvalue weighted by Gasteiger charge is 2.25. The van der Waals surface area contributed by atoms with Crippen LogP contribution in [-0.2, 0) is 6.54 Å². The van der Waals surface area contributed by atoms with Gasteiger partial charge in [0.25, 0.3) is 0 Å². The molecule has 4 nitrogen and oxygen atoms in total. The van der Waals surface area contributed by atoms with Gasteiger partial charge in [-0.2, -0.15) is 0 Å². The Hall–Kier alpha value is -1.07. The van der Waals surface area contributed by atoms with E-state index in [-0.39, 0.29) is 18.4 Å². The average Bonchev–Trinajstić information content (AvgIpc) is 2.93. The molecule has 108 valence electrons. The highest BCUT2D eigenvalue weighted by Crippen LogP contribution is 2.29. The molecule has 1 saturated heterocycles. The Labute approximate surface area is 129 Å². The van der Waals surface area contributed by atoms with Crippen LogP contribution in [0.3, 0.4) is 0 Å². The molecule has 1 atom stereocenters. The lowest BCUT2D eigenvalue weighted by atomic mass is 10.0. The van der Waals surface area contributed by atoms with Crippen molar-refractivity contribution in [3.63, 3.8) is 0 Å². The van der Waals surface area contributed by atoms with E-state index in [1.807, 2.05) is 18.2 Å². The number of nitrogens with one attached hydrogen (secondary N) is 1. The van der Waals surface area contributed by atoms with E-state index in [1.165, 1.54) is 12.0 Å². The Morgan fingerprint density at radius 1 is 1.40 bits per heavy atom. The van der Waals surface area contributed by atoms with Crippen molar-refractivity contribution in [2.45, 2.75) is 12.6 Å². The van der Waals surface area contributed by atoms with Crippen LogP contribution in [0.25, 0.3) is 0 Å². The molecule has 6 heteroatoms. The summed E-state index contributed by atoms with van der Waals surface area (Å²) in [6.07, 6.45) is 3.17. The van der Waals surface area contributed by atoms with Crippen LogP contribution < -0.4 is 5.32 Å². The molecule has 1 aliphatic heterocycles. The first-order valence-electron chi connectivity index (χ1n) is 6.41. The van der Waals surface area contributed by atoms with Gasteiger partial charge in [0.2, 0.25) is 0 Å². The van der Waals surface area contributed by atoms with Crippen LogP contribution in [-0.4, -0.2) is 29.5 Å². The highest BCUT2D eigenvalue weighted by atomic mass is 35.5. The van der Waals surface area contributed by atoms with Crippen molar-refractivity contribution in [1.82, 2.24) is 15.2 Å². The molecule has 1 unspecified atom stereocenters. The van der Waals surface area contributed by atoms with Gasteiger partial charge in [-0.3, -0.25) is 4.90 Å². The fourth-order valence-corrected chi connectivity index (χ4v) is 2.77. The lowest BCUT2D eigenvalue weighted by Gasteiger charge is -2.36. The van der Waals surface area contributed by atoms with Crippen molar-refractivity contribution in [3.05, 3.63) is 53.2 Å². The Kier molecular flexibility index (Phi) is 5.43.